The monoisotopic (exact) mass is 849 g/mol. The van der Waals surface area contributed by atoms with E-state index in [4.69, 9.17) is 18.5 Å². The molecule has 0 spiro atoms. The average molecular weight is 849 g/mol. The van der Waals surface area contributed by atoms with Gasteiger partial charge in [-0.3, -0.25) is 13.8 Å². The van der Waals surface area contributed by atoms with Crippen molar-refractivity contribution in [3.8, 4) is 0 Å². The van der Waals surface area contributed by atoms with Gasteiger partial charge in [-0.05, 0) is 83.5 Å². The summed E-state index contributed by atoms with van der Waals surface area (Å²) in [7, 11) is 1.64. The molecule has 0 aromatic heterocycles. The highest BCUT2D eigenvalue weighted by Crippen LogP contribution is 2.43. The van der Waals surface area contributed by atoms with Crippen LogP contribution in [0.3, 0.4) is 0 Å². The van der Waals surface area contributed by atoms with Crippen molar-refractivity contribution in [3.63, 3.8) is 0 Å². The molecule has 2 unspecified atom stereocenters. The first kappa shape index (κ1) is 56.9. The number of rotatable bonds is 43. The van der Waals surface area contributed by atoms with Gasteiger partial charge in [0, 0.05) is 13.0 Å². The fraction of sp³-hybridized carbons (Fsp3) is 0.740. The van der Waals surface area contributed by atoms with E-state index in [1.54, 1.807) is 0 Å². The van der Waals surface area contributed by atoms with Crippen molar-refractivity contribution in [2.45, 2.75) is 187 Å². The third-order valence-electron chi connectivity index (χ3n) is 9.75. The summed E-state index contributed by atoms with van der Waals surface area (Å²) in [6.07, 6.45) is 55.1. The molecular formula is C50H91NO7P+. The first-order valence-electron chi connectivity index (χ1n) is 23.7. The predicted molar refractivity (Wildman–Crippen MR) is 252 cm³/mol. The van der Waals surface area contributed by atoms with Crippen LogP contribution in [0.25, 0.3) is 0 Å². The second-order valence-electron chi connectivity index (χ2n) is 16.8. The molecule has 0 aromatic rings. The van der Waals surface area contributed by atoms with E-state index in [-0.39, 0.29) is 25.8 Å². The Morgan fingerprint density at radius 2 is 0.983 bits per heavy atom. The van der Waals surface area contributed by atoms with Crippen LogP contribution in [-0.2, 0) is 27.9 Å². The van der Waals surface area contributed by atoms with Crippen LogP contribution in [0, 0.1) is 0 Å². The lowest BCUT2D eigenvalue weighted by atomic mass is 10.1. The Balaban J connectivity index is 4.25. The molecule has 0 bridgehead atoms. The molecule has 0 fully saturated rings. The summed E-state index contributed by atoms with van der Waals surface area (Å²) in [5.74, 6) is -0.328. The summed E-state index contributed by atoms with van der Waals surface area (Å²) in [5.41, 5.74) is 0. The zero-order valence-corrected chi connectivity index (χ0v) is 39.6. The highest BCUT2D eigenvalue weighted by atomic mass is 31.2. The van der Waals surface area contributed by atoms with Gasteiger partial charge in [0.05, 0.1) is 34.4 Å². The zero-order chi connectivity index (χ0) is 43.4. The summed E-state index contributed by atoms with van der Waals surface area (Å²) in [4.78, 5) is 23.0. The van der Waals surface area contributed by atoms with Gasteiger partial charge in [0.15, 0.2) is 0 Å². The number of hydrogen-bond acceptors (Lipinski definition) is 6. The quantitative estimate of drug-likeness (QED) is 0.0215. The fourth-order valence-electron chi connectivity index (χ4n) is 6.10. The topological polar surface area (TPSA) is 91.3 Å². The summed E-state index contributed by atoms with van der Waals surface area (Å²) >= 11 is 0. The Labute approximate surface area is 363 Å². The maximum Gasteiger partial charge on any atom is 0.472 e. The van der Waals surface area contributed by atoms with Crippen molar-refractivity contribution in [1.29, 1.82) is 0 Å². The number of unbranched alkanes of at least 4 members (excludes halogenated alkanes) is 17. The average Bonchev–Trinajstić information content (AvgIpc) is 3.19. The van der Waals surface area contributed by atoms with E-state index in [0.717, 1.165) is 77.0 Å². The molecule has 59 heavy (non-hydrogen) atoms. The second-order valence-corrected chi connectivity index (χ2v) is 18.2. The van der Waals surface area contributed by atoms with Crippen LogP contribution >= 0.6 is 7.82 Å². The Kier molecular flexibility index (Phi) is 41.1. The molecule has 0 aliphatic carbocycles. The largest absolute Gasteiger partial charge is 0.472 e. The van der Waals surface area contributed by atoms with Gasteiger partial charge in [0.25, 0.3) is 0 Å². The molecule has 0 aliphatic heterocycles. The van der Waals surface area contributed by atoms with Crippen molar-refractivity contribution in [3.05, 3.63) is 72.9 Å². The Bertz CT molecular complexity index is 1170. The molecule has 0 aliphatic rings. The van der Waals surface area contributed by atoms with Gasteiger partial charge in [0.1, 0.15) is 19.3 Å². The maximum absolute atomic E-state index is 12.7. The number of likely N-dealkylation sites (N-methyl/N-ethyl adjacent to an activating group) is 1. The second kappa shape index (κ2) is 42.6. The van der Waals surface area contributed by atoms with Gasteiger partial charge < -0.3 is 18.9 Å². The summed E-state index contributed by atoms with van der Waals surface area (Å²) in [6, 6.07) is 0. The highest BCUT2D eigenvalue weighted by Gasteiger charge is 2.26. The summed E-state index contributed by atoms with van der Waals surface area (Å²) in [5, 5.41) is 0. The van der Waals surface area contributed by atoms with Crippen molar-refractivity contribution in [1.82, 2.24) is 0 Å². The number of hydrogen-bond donors (Lipinski definition) is 1. The third-order valence-corrected chi connectivity index (χ3v) is 10.7. The van der Waals surface area contributed by atoms with Crippen molar-refractivity contribution in [2.75, 3.05) is 54.1 Å². The van der Waals surface area contributed by atoms with Crippen LogP contribution < -0.4 is 0 Å². The molecule has 0 amide bonds. The number of ether oxygens (including phenoxy) is 2. The molecule has 9 heteroatoms. The number of quaternary nitrogens is 1. The van der Waals surface area contributed by atoms with E-state index >= 15 is 0 Å². The number of carbonyl (C=O) groups excluding carboxylic acids is 1. The molecule has 8 nitrogen and oxygen atoms in total. The smallest absolute Gasteiger partial charge is 0.457 e. The molecule has 1 N–H and O–H groups in total. The van der Waals surface area contributed by atoms with Gasteiger partial charge >= 0.3 is 13.8 Å². The number of esters is 1. The van der Waals surface area contributed by atoms with E-state index in [9.17, 15) is 14.3 Å². The molecule has 0 saturated heterocycles. The molecule has 0 rings (SSSR count). The molecular weight excluding hydrogens is 758 g/mol. The lowest BCUT2D eigenvalue weighted by Gasteiger charge is -2.24. The molecule has 0 saturated carbocycles. The Hall–Kier alpha value is -2.06. The highest BCUT2D eigenvalue weighted by molar-refractivity contribution is 7.47. The number of carbonyl (C=O) groups is 1. The predicted octanol–water partition coefficient (Wildman–Crippen LogP) is 14.3. The van der Waals surface area contributed by atoms with Crippen LogP contribution in [0.1, 0.15) is 181 Å². The van der Waals surface area contributed by atoms with E-state index in [1.165, 1.54) is 83.5 Å². The van der Waals surface area contributed by atoms with Crippen molar-refractivity contribution in [2.24, 2.45) is 0 Å². The molecule has 0 radical (unpaired) electrons. The first-order valence-corrected chi connectivity index (χ1v) is 25.2. The first-order chi connectivity index (χ1) is 28.6. The molecule has 2 atom stereocenters. The SMILES string of the molecule is CC/C=C\C/C=C\C/C=C\C/C=C\CCCCCCCOCC(COP(=O)(O)OCC[N+](C)(C)C)OC(=O)CCCCCCCCCCC/C=C\C/C=C\CCCCC. The lowest BCUT2D eigenvalue weighted by Crippen LogP contribution is -2.37. The van der Waals surface area contributed by atoms with Gasteiger partial charge in [0.2, 0.25) is 0 Å². The lowest BCUT2D eigenvalue weighted by molar-refractivity contribution is -0.870. The van der Waals surface area contributed by atoms with Crippen LogP contribution in [0.5, 0.6) is 0 Å². The van der Waals surface area contributed by atoms with E-state index in [1.807, 2.05) is 21.1 Å². The number of phosphoric ester groups is 1. The molecule has 0 aromatic carbocycles. The van der Waals surface area contributed by atoms with Gasteiger partial charge in [-0.2, -0.15) is 0 Å². The van der Waals surface area contributed by atoms with Crippen LogP contribution in [0.2, 0.25) is 0 Å². The minimum Gasteiger partial charge on any atom is -0.457 e. The molecule has 342 valence electrons. The Morgan fingerprint density at radius 3 is 1.47 bits per heavy atom. The van der Waals surface area contributed by atoms with Gasteiger partial charge in [-0.15, -0.1) is 0 Å². The summed E-state index contributed by atoms with van der Waals surface area (Å²) < 4.78 is 35.1. The van der Waals surface area contributed by atoms with Crippen LogP contribution in [-0.4, -0.2) is 75.6 Å². The van der Waals surface area contributed by atoms with E-state index in [2.05, 4.69) is 86.8 Å². The minimum absolute atomic E-state index is 0.0802. The zero-order valence-electron chi connectivity index (χ0n) is 38.7. The third kappa shape index (κ3) is 46.9. The maximum atomic E-state index is 12.7. The fourth-order valence-corrected chi connectivity index (χ4v) is 6.84. The van der Waals surface area contributed by atoms with Crippen molar-refractivity contribution >= 4 is 13.8 Å². The molecule has 0 heterocycles. The van der Waals surface area contributed by atoms with Crippen LogP contribution in [0.4, 0.5) is 0 Å². The number of nitrogens with zero attached hydrogens (tertiary/aromatic N) is 1. The minimum atomic E-state index is -4.29. The number of allylic oxidation sites excluding steroid dienone is 12. The Morgan fingerprint density at radius 1 is 0.542 bits per heavy atom. The number of phosphoric acid groups is 1. The van der Waals surface area contributed by atoms with Gasteiger partial charge in [-0.1, -0.05) is 164 Å². The standard InChI is InChI=1S/C50H90NO7P/c1-6-8-10-12-14-16-18-20-22-24-26-27-29-31-33-35-37-39-41-43-50(52)58-49(48-57-59(53,54)56-46-44-51(3,4)5)47-55-45-42-40-38-36-34-32-30-28-25-23-21-19-17-15-13-11-9-7-2/h9,11,14-17,20-23,28,30,49H,6-8,10,12-13,18-19,24-27,29,31-48H2,1-5H3/p+1/b11-9-,16-14-,17-15-,22-20-,23-21-,30-28-. The van der Waals surface area contributed by atoms with E-state index < -0.39 is 13.9 Å². The van der Waals surface area contributed by atoms with E-state index in [0.29, 0.717) is 24.1 Å². The van der Waals surface area contributed by atoms with Crippen LogP contribution in [0.15, 0.2) is 72.9 Å². The van der Waals surface area contributed by atoms with Crippen molar-refractivity contribution < 1.29 is 37.3 Å². The van der Waals surface area contributed by atoms with Gasteiger partial charge in [-0.25, -0.2) is 4.57 Å². The summed E-state index contributed by atoms with van der Waals surface area (Å²) in [6.45, 7) is 5.43. The normalized spacial score (nSPS) is 14.3.